The van der Waals surface area contributed by atoms with Gasteiger partial charge in [0.05, 0.1) is 38.8 Å². The van der Waals surface area contributed by atoms with Crippen LogP contribution in [0.2, 0.25) is 0 Å². The summed E-state index contributed by atoms with van der Waals surface area (Å²) in [7, 11) is 3.38. The van der Waals surface area contributed by atoms with Crippen LogP contribution < -0.4 is 0 Å². The van der Waals surface area contributed by atoms with Gasteiger partial charge in [-0.1, -0.05) is 30.3 Å². The molecule has 1 atom stereocenters. The molecule has 0 fully saturated rings. The molecule has 7 heteroatoms. The van der Waals surface area contributed by atoms with Gasteiger partial charge in [0, 0.05) is 23.7 Å². The standard InChI is InChI=1S/C14H21ClO5S/c1-18-7-8-19-9-10-20-11-14(12-21(15,16)17)13-5-3-2-4-6-13/h2-6,14H,7-12H2,1H3. The van der Waals surface area contributed by atoms with Crippen LogP contribution in [0.15, 0.2) is 30.3 Å². The van der Waals surface area contributed by atoms with Gasteiger partial charge in [-0.3, -0.25) is 0 Å². The van der Waals surface area contributed by atoms with Crippen molar-refractivity contribution in [3.63, 3.8) is 0 Å². The quantitative estimate of drug-likeness (QED) is 0.457. The summed E-state index contributed by atoms with van der Waals surface area (Å²) in [5.41, 5.74) is 0.891. The molecule has 5 nitrogen and oxygen atoms in total. The summed E-state index contributed by atoms with van der Waals surface area (Å²) < 4.78 is 38.2. The minimum atomic E-state index is -3.58. The zero-order chi connectivity index (χ0) is 15.6. The van der Waals surface area contributed by atoms with Crippen LogP contribution in [0.3, 0.4) is 0 Å². The Balaban J connectivity index is 2.40. The minimum absolute atomic E-state index is 0.150. The molecular formula is C14H21ClO5S. The fourth-order valence-corrected chi connectivity index (χ4v) is 3.02. The highest BCUT2D eigenvalue weighted by Crippen LogP contribution is 2.19. The normalized spacial score (nSPS) is 13.2. The Kier molecular flexibility index (Phi) is 8.87. The van der Waals surface area contributed by atoms with Gasteiger partial charge in [-0.25, -0.2) is 8.42 Å². The summed E-state index contributed by atoms with van der Waals surface area (Å²) in [4.78, 5) is 0. The average molecular weight is 337 g/mol. The van der Waals surface area contributed by atoms with E-state index in [1.165, 1.54) is 0 Å². The van der Waals surface area contributed by atoms with Crippen LogP contribution in [-0.4, -0.2) is 54.3 Å². The summed E-state index contributed by atoms with van der Waals surface area (Å²) in [5.74, 6) is -0.434. The Morgan fingerprint density at radius 3 is 2.29 bits per heavy atom. The Bertz CT molecular complexity index is 477. The lowest BCUT2D eigenvalue weighted by Crippen LogP contribution is -2.18. The first-order valence-electron chi connectivity index (χ1n) is 6.64. The lowest BCUT2D eigenvalue weighted by molar-refractivity contribution is 0.0223. The van der Waals surface area contributed by atoms with Crippen molar-refractivity contribution in [3.8, 4) is 0 Å². The van der Waals surface area contributed by atoms with Crippen LogP contribution in [0.1, 0.15) is 11.5 Å². The lowest BCUT2D eigenvalue weighted by atomic mass is 10.0. The summed E-state index contributed by atoms with van der Waals surface area (Å²) in [6.07, 6.45) is 0. The van der Waals surface area contributed by atoms with Crippen LogP contribution in [-0.2, 0) is 23.3 Å². The van der Waals surface area contributed by atoms with Crippen molar-refractivity contribution in [2.45, 2.75) is 5.92 Å². The van der Waals surface area contributed by atoms with Crippen molar-refractivity contribution >= 4 is 19.7 Å². The van der Waals surface area contributed by atoms with Gasteiger partial charge in [0.15, 0.2) is 0 Å². The molecule has 1 rings (SSSR count). The number of hydrogen-bond donors (Lipinski definition) is 0. The van der Waals surface area contributed by atoms with E-state index >= 15 is 0 Å². The van der Waals surface area contributed by atoms with Crippen LogP contribution in [0.25, 0.3) is 0 Å². The van der Waals surface area contributed by atoms with E-state index in [2.05, 4.69) is 0 Å². The van der Waals surface area contributed by atoms with Gasteiger partial charge in [-0.2, -0.15) is 0 Å². The highest BCUT2D eigenvalue weighted by molar-refractivity contribution is 8.13. The van der Waals surface area contributed by atoms with Crippen molar-refractivity contribution in [2.75, 3.05) is 45.9 Å². The lowest BCUT2D eigenvalue weighted by Gasteiger charge is -2.16. The monoisotopic (exact) mass is 336 g/mol. The predicted molar refractivity (Wildman–Crippen MR) is 82.3 cm³/mol. The average Bonchev–Trinajstić information content (AvgIpc) is 2.45. The number of ether oxygens (including phenoxy) is 3. The minimum Gasteiger partial charge on any atom is -0.382 e. The molecule has 0 heterocycles. The molecule has 0 bridgehead atoms. The molecule has 0 aliphatic heterocycles. The van der Waals surface area contributed by atoms with Crippen LogP contribution in [0, 0.1) is 0 Å². The second-order valence-corrected chi connectivity index (χ2v) is 7.31. The molecule has 1 unspecified atom stereocenters. The van der Waals surface area contributed by atoms with E-state index in [-0.39, 0.29) is 18.3 Å². The maximum Gasteiger partial charge on any atom is 0.233 e. The number of benzene rings is 1. The van der Waals surface area contributed by atoms with Crippen molar-refractivity contribution in [3.05, 3.63) is 35.9 Å². The van der Waals surface area contributed by atoms with E-state index in [0.29, 0.717) is 26.4 Å². The zero-order valence-corrected chi connectivity index (χ0v) is 13.6. The molecule has 0 saturated carbocycles. The molecule has 0 radical (unpaired) electrons. The molecule has 0 amide bonds. The van der Waals surface area contributed by atoms with Gasteiger partial charge in [0.2, 0.25) is 9.05 Å². The van der Waals surface area contributed by atoms with Gasteiger partial charge in [-0.05, 0) is 5.56 Å². The van der Waals surface area contributed by atoms with Gasteiger partial charge in [0.25, 0.3) is 0 Å². The van der Waals surface area contributed by atoms with E-state index in [1.54, 1.807) is 7.11 Å². The van der Waals surface area contributed by atoms with Crippen molar-refractivity contribution in [1.82, 2.24) is 0 Å². The van der Waals surface area contributed by atoms with Crippen LogP contribution >= 0.6 is 10.7 Å². The molecule has 21 heavy (non-hydrogen) atoms. The summed E-state index contributed by atoms with van der Waals surface area (Å²) in [5, 5.41) is 0. The smallest absolute Gasteiger partial charge is 0.233 e. The fraction of sp³-hybridized carbons (Fsp3) is 0.571. The van der Waals surface area contributed by atoms with Crippen molar-refractivity contribution in [1.29, 1.82) is 0 Å². The third-order valence-electron chi connectivity index (χ3n) is 2.79. The molecule has 0 aliphatic carbocycles. The highest BCUT2D eigenvalue weighted by Gasteiger charge is 2.19. The Labute approximate surface area is 130 Å². The molecule has 1 aromatic rings. The summed E-state index contributed by atoms with van der Waals surface area (Å²) in [6.45, 7) is 2.17. The first-order valence-corrected chi connectivity index (χ1v) is 9.12. The maximum atomic E-state index is 11.3. The second-order valence-electron chi connectivity index (χ2n) is 4.49. The molecule has 0 aliphatic rings. The predicted octanol–water partition coefficient (Wildman–Crippen LogP) is 2.02. The maximum absolute atomic E-state index is 11.3. The van der Waals surface area contributed by atoms with Gasteiger partial charge in [0.1, 0.15) is 0 Å². The van der Waals surface area contributed by atoms with E-state index in [4.69, 9.17) is 24.9 Å². The molecule has 0 spiro atoms. The van der Waals surface area contributed by atoms with Crippen molar-refractivity contribution < 1.29 is 22.6 Å². The van der Waals surface area contributed by atoms with Crippen molar-refractivity contribution in [2.24, 2.45) is 0 Å². The van der Waals surface area contributed by atoms with E-state index in [9.17, 15) is 8.42 Å². The van der Waals surface area contributed by atoms with E-state index < -0.39 is 9.05 Å². The number of methoxy groups -OCH3 is 1. The Morgan fingerprint density at radius 2 is 1.67 bits per heavy atom. The molecule has 1 aromatic carbocycles. The molecular weight excluding hydrogens is 316 g/mol. The van der Waals surface area contributed by atoms with Gasteiger partial charge in [-0.15, -0.1) is 0 Å². The SMILES string of the molecule is COCCOCCOCC(CS(=O)(=O)Cl)c1ccccc1. The van der Waals surface area contributed by atoms with E-state index in [0.717, 1.165) is 5.56 Å². The summed E-state index contributed by atoms with van der Waals surface area (Å²) in [6, 6.07) is 9.32. The third-order valence-corrected chi connectivity index (χ3v) is 3.97. The number of halogens is 1. The zero-order valence-electron chi connectivity index (χ0n) is 12.0. The first-order chi connectivity index (χ1) is 10.0. The highest BCUT2D eigenvalue weighted by atomic mass is 35.7. The Hall–Kier alpha value is -0.660. The Morgan fingerprint density at radius 1 is 1.05 bits per heavy atom. The summed E-state index contributed by atoms with van der Waals surface area (Å²) >= 11 is 0. The van der Waals surface area contributed by atoms with E-state index in [1.807, 2.05) is 30.3 Å². The van der Waals surface area contributed by atoms with Gasteiger partial charge < -0.3 is 14.2 Å². The largest absolute Gasteiger partial charge is 0.382 e. The molecule has 120 valence electrons. The topological polar surface area (TPSA) is 61.8 Å². The molecule has 0 aromatic heterocycles. The molecule has 0 N–H and O–H groups in total. The van der Waals surface area contributed by atoms with Crippen LogP contribution in [0.4, 0.5) is 0 Å². The number of hydrogen-bond acceptors (Lipinski definition) is 5. The second kappa shape index (κ2) is 10.1. The van der Waals surface area contributed by atoms with Crippen LogP contribution in [0.5, 0.6) is 0 Å². The fourth-order valence-electron chi connectivity index (χ4n) is 1.79. The van der Waals surface area contributed by atoms with Gasteiger partial charge >= 0.3 is 0 Å². The number of rotatable bonds is 11. The third kappa shape index (κ3) is 9.06. The first kappa shape index (κ1) is 18.4. The molecule has 0 saturated heterocycles.